The Morgan fingerprint density at radius 3 is 2.62 bits per heavy atom. The molecule has 7 nitrogen and oxygen atoms in total. The van der Waals surface area contributed by atoms with Crippen molar-refractivity contribution in [2.75, 3.05) is 19.6 Å². The van der Waals surface area contributed by atoms with E-state index in [9.17, 15) is 4.79 Å². The minimum Gasteiger partial charge on any atom is -0.335 e. The summed E-state index contributed by atoms with van der Waals surface area (Å²) in [5.74, 6) is 1.21. The Morgan fingerprint density at radius 2 is 1.96 bits per heavy atom. The summed E-state index contributed by atoms with van der Waals surface area (Å²) < 4.78 is 2.02. The summed E-state index contributed by atoms with van der Waals surface area (Å²) >= 11 is 0. The molecule has 0 radical (unpaired) electrons. The SMILES string of the molecule is CC(=O)N1CCN(C(C)c2nnnn2C2CC2)CC12CCCCC2. The van der Waals surface area contributed by atoms with Gasteiger partial charge in [-0.05, 0) is 43.0 Å². The molecule has 0 aromatic carbocycles. The van der Waals surface area contributed by atoms with Crippen molar-refractivity contribution in [1.82, 2.24) is 30.0 Å². The lowest BCUT2D eigenvalue weighted by molar-refractivity contribution is -0.143. The van der Waals surface area contributed by atoms with E-state index in [1.807, 2.05) is 4.68 Å². The maximum atomic E-state index is 12.2. The van der Waals surface area contributed by atoms with Gasteiger partial charge in [0.05, 0.1) is 17.6 Å². The molecule has 24 heavy (non-hydrogen) atoms. The lowest BCUT2D eigenvalue weighted by Crippen LogP contribution is -2.64. The fourth-order valence-electron chi connectivity index (χ4n) is 4.69. The Hall–Kier alpha value is -1.50. The zero-order chi connectivity index (χ0) is 16.7. The van der Waals surface area contributed by atoms with Crippen LogP contribution >= 0.6 is 0 Å². The molecular formula is C17H28N6O. The third-order valence-corrected chi connectivity index (χ3v) is 6.18. The first kappa shape index (κ1) is 16.0. The Morgan fingerprint density at radius 1 is 1.21 bits per heavy atom. The zero-order valence-corrected chi connectivity index (χ0v) is 14.8. The van der Waals surface area contributed by atoms with Crippen molar-refractivity contribution < 1.29 is 4.79 Å². The molecule has 0 bridgehead atoms. The molecule has 1 unspecified atom stereocenters. The van der Waals surface area contributed by atoms with E-state index in [2.05, 4.69) is 32.2 Å². The number of nitrogens with zero attached hydrogens (tertiary/aromatic N) is 6. The van der Waals surface area contributed by atoms with Crippen LogP contribution in [0.4, 0.5) is 0 Å². The molecule has 3 fully saturated rings. The average Bonchev–Trinajstić information content (AvgIpc) is 3.31. The van der Waals surface area contributed by atoms with Gasteiger partial charge in [-0.15, -0.1) is 5.10 Å². The van der Waals surface area contributed by atoms with E-state index in [4.69, 9.17) is 0 Å². The van der Waals surface area contributed by atoms with Gasteiger partial charge in [-0.3, -0.25) is 9.69 Å². The van der Waals surface area contributed by atoms with Crippen LogP contribution in [0.25, 0.3) is 0 Å². The number of carbonyl (C=O) groups excluding carboxylic acids is 1. The molecule has 1 amide bonds. The summed E-state index contributed by atoms with van der Waals surface area (Å²) in [4.78, 5) is 16.8. The molecule has 1 aliphatic heterocycles. The van der Waals surface area contributed by atoms with Crippen molar-refractivity contribution in [2.24, 2.45) is 0 Å². The van der Waals surface area contributed by atoms with E-state index in [1.165, 1.54) is 32.1 Å². The van der Waals surface area contributed by atoms with Gasteiger partial charge in [0.2, 0.25) is 5.91 Å². The quantitative estimate of drug-likeness (QED) is 0.846. The van der Waals surface area contributed by atoms with Gasteiger partial charge in [0.15, 0.2) is 5.82 Å². The number of carbonyl (C=O) groups is 1. The van der Waals surface area contributed by atoms with E-state index in [1.54, 1.807) is 6.92 Å². The Balaban J connectivity index is 1.56. The average molecular weight is 332 g/mol. The van der Waals surface area contributed by atoms with Crippen molar-refractivity contribution in [3.63, 3.8) is 0 Å². The van der Waals surface area contributed by atoms with Crippen LogP contribution in [0.15, 0.2) is 0 Å². The van der Waals surface area contributed by atoms with E-state index >= 15 is 0 Å². The lowest BCUT2D eigenvalue weighted by Gasteiger charge is -2.53. The van der Waals surface area contributed by atoms with Crippen molar-refractivity contribution in [3.8, 4) is 0 Å². The van der Waals surface area contributed by atoms with Crippen LogP contribution < -0.4 is 0 Å². The van der Waals surface area contributed by atoms with Gasteiger partial charge in [-0.2, -0.15) is 0 Å². The number of amides is 1. The molecule has 2 aliphatic carbocycles. The third-order valence-electron chi connectivity index (χ3n) is 6.18. The molecule has 0 N–H and O–H groups in total. The van der Waals surface area contributed by atoms with Crippen molar-refractivity contribution in [2.45, 2.75) is 76.4 Å². The molecule has 1 atom stereocenters. The van der Waals surface area contributed by atoms with Crippen LogP contribution in [-0.4, -0.2) is 61.1 Å². The minimum atomic E-state index is 0.0223. The van der Waals surface area contributed by atoms with E-state index in [-0.39, 0.29) is 17.5 Å². The summed E-state index contributed by atoms with van der Waals surface area (Å²) in [6, 6.07) is 0.702. The van der Waals surface area contributed by atoms with E-state index < -0.39 is 0 Å². The predicted octanol–water partition coefficient (Wildman–Crippen LogP) is 1.94. The number of piperazine rings is 1. The molecule has 4 rings (SSSR count). The maximum Gasteiger partial charge on any atom is 0.219 e. The largest absolute Gasteiger partial charge is 0.335 e. The molecule has 3 aliphatic rings. The monoisotopic (exact) mass is 332 g/mol. The summed E-state index contributed by atoms with van der Waals surface area (Å²) in [5.41, 5.74) is 0.0223. The maximum absolute atomic E-state index is 12.2. The van der Waals surface area contributed by atoms with Gasteiger partial charge < -0.3 is 4.90 Å². The minimum absolute atomic E-state index is 0.0223. The predicted molar refractivity (Wildman–Crippen MR) is 89.3 cm³/mol. The molecule has 1 aromatic heterocycles. The van der Waals surface area contributed by atoms with Gasteiger partial charge in [0.1, 0.15) is 0 Å². The van der Waals surface area contributed by atoms with Gasteiger partial charge >= 0.3 is 0 Å². The molecular weight excluding hydrogens is 304 g/mol. The number of tetrazole rings is 1. The third kappa shape index (κ3) is 2.72. The van der Waals surface area contributed by atoms with Crippen molar-refractivity contribution >= 4 is 5.91 Å². The summed E-state index contributed by atoms with van der Waals surface area (Å²) in [6.45, 7) is 6.61. The summed E-state index contributed by atoms with van der Waals surface area (Å²) in [6.07, 6.45) is 8.38. The molecule has 1 aromatic rings. The highest BCUT2D eigenvalue weighted by Crippen LogP contribution is 2.40. The molecule has 2 heterocycles. The standard InChI is InChI=1S/C17H28N6O/c1-13(16-18-19-20-23(16)15-6-7-15)21-10-11-22(14(2)24)17(12-21)8-4-3-5-9-17/h13,15H,3-12H2,1-2H3. The van der Waals surface area contributed by atoms with Crippen molar-refractivity contribution in [3.05, 3.63) is 5.82 Å². The fourth-order valence-corrected chi connectivity index (χ4v) is 4.69. The van der Waals surface area contributed by atoms with Gasteiger partial charge in [-0.25, -0.2) is 4.68 Å². The van der Waals surface area contributed by atoms with Crippen LogP contribution in [0.3, 0.4) is 0 Å². The first-order chi connectivity index (χ1) is 11.6. The van der Waals surface area contributed by atoms with Gasteiger partial charge in [-0.1, -0.05) is 19.3 Å². The Bertz CT molecular complexity index is 604. The highest BCUT2D eigenvalue weighted by molar-refractivity contribution is 5.74. The van der Waals surface area contributed by atoms with Crippen LogP contribution in [0, 0.1) is 0 Å². The highest BCUT2D eigenvalue weighted by Gasteiger charge is 2.45. The van der Waals surface area contributed by atoms with Gasteiger partial charge in [0.25, 0.3) is 0 Å². The summed E-state index contributed by atoms with van der Waals surface area (Å²) in [5, 5.41) is 12.4. The van der Waals surface area contributed by atoms with E-state index in [0.717, 1.165) is 38.3 Å². The molecule has 2 saturated carbocycles. The second kappa shape index (κ2) is 6.10. The first-order valence-corrected chi connectivity index (χ1v) is 9.41. The second-order valence-corrected chi connectivity index (χ2v) is 7.81. The second-order valence-electron chi connectivity index (χ2n) is 7.81. The highest BCUT2D eigenvalue weighted by atomic mass is 16.2. The van der Waals surface area contributed by atoms with Crippen LogP contribution in [0.1, 0.15) is 76.7 Å². The van der Waals surface area contributed by atoms with Gasteiger partial charge in [0, 0.05) is 26.6 Å². The molecule has 1 saturated heterocycles. The number of hydrogen-bond donors (Lipinski definition) is 0. The molecule has 7 heteroatoms. The van der Waals surface area contributed by atoms with Crippen molar-refractivity contribution in [1.29, 1.82) is 0 Å². The van der Waals surface area contributed by atoms with Crippen LogP contribution in [0.5, 0.6) is 0 Å². The smallest absolute Gasteiger partial charge is 0.219 e. The normalized spacial score (nSPS) is 25.8. The Labute approximate surface area is 143 Å². The summed E-state index contributed by atoms with van der Waals surface area (Å²) in [7, 11) is 0. The zero-order valence-electron chi connectivity index (χ0n) is 14.8. The lowest BCUT2D eigenvalue weighted by atomic mass is 9.78. The number of rotatable bonds is 3. The first-order valence-electron chi connectivity index (χ1n) is 9.41. The fraction of sp³-hybridized carbons (Fsp3) is 0.882. The topological polar surface area (TPSA) is 67.2 Å². The molecule has 1 spiro atoms. The number of hydrogen-bond acceptors (Lipinski definition) is 5. The molecule has 132 valence electrons. The van der Waals surface area contributed by atoms with Crippen LogP contribution in [0.2, 0.25) is 0 Å². The Kier molecular flexibility index (Phi) is 4.06. The van der Waals surface area contributed by atoms with E-state index in [0.29, 0.717) is 6.04 Å². The van der Waals surface area contributed by atoms with Crippen LogP contribution in [-0.2, 0) is 4.79 Å². The number of aromatic nitrogens is 4.